The number of nitro groups is 1. The van der Waals surface area contributed by atoms with Gasteiger partial charge in [0.1, 0.15) is 5.82 Å². The van der Waals surface area contributed by atoms with Crippen LogP contribution in [0.15, 0.2) is 36.3 Å². The van der Waals surface area contributed by atoms with Gasteiger partial charge in [-0.3, -0.25) is 10.1 Å². The highest BCUT2D eigenvalue weighted by atomic mass is 19.1. The van der Waals surface area contributed by atoms with E-state index in [0.29, 0.717) is 11.9 Å². The van der Waals surface area contributed by atoms with E-state index in [4.69, 9.17) is 5.84 Å². The van der Waals surface area contributed by atoms with Crippen LogP contribution < -0.4 is 16.6 Å². The Labute approximate surface area is 84.7 Å². The molecule has 0 amide bonds. The monoisotopic (exact) mass is 212 g/mol. The number of rotatable bonds is 4. The Morgan fingerprint density at radius 3 is 2.53 bits per heavy atom. The van der Waals surface area contributed by atoms with E-state index in [0.717, 1.165) is 0 Å². The number of halogens is 1. The quantitative estimate of drug-likeness (QED) is 0.389. The molecule has 0 aliphatic carbocycles. The van der Waals surface area contributed by atoms with E-state index in [2.05, 4.69) is 10.7 Å². The van der Waals surface area contributed by atoms with Crippen LogP contribution >= 0.6 is 0 Å². The highest BCUT2D eigenvalue weighted by Crippen LogP contribution is 2.09. The fourth-order valence-electron chi connectivity index (χ4n) is 0.900. The Bertz CT molecular complexity index is 377. The Kier molecular flexibility index (Phi) is 3.58. The van der Waals surface area contributed by atoms with Crippen molar-refractivity contribution in [2.24, 2.45) is 5.84 Å². The summed E-state index contributed by atoms with van der Waals surface area (Å²) >= 11 is 0. The van der Waals surface area contributed by atoms with E-state index in [1.807, 2.05) is 0 Å². The van der Waals surface area contributed by atoms with Crippen molar-refractivity contribution in [1.82, 2.24) is 5.43 Å². The second kappa shape index (κ2) is 4.91. The minimum Gasteiger partial charge on any atom is -0.336 e. The summed E-state index contributed by atoms with van der Waals surface area (Å²) in [6, 6.07) is 5.31. The molecule has 7 heteroatoms. The number of nitrogens with one attached hydrogen (secondary N) is 2. The molecule has 4 N–H and O–H groups in total. The van der Waals surface area contributed by atoms with Gasteiger partial charge in [0.05, 0.1) is 4.92 Å². The zero-order chi connectivity index (χ0) is 11.3. The van der Waals surface area contributed by atoms with Crippen LogP contribution in [-0.4, -0.2) is 4.92 Å². The van der Waals surface area contributed by atoms with E-state index in [1.165, 1.54) is 24.3 Å². The van der Waals surface area contributed by atoms with Gasteiger partial charge in [-0.25, -0.2) is 10.2 Å². The molecule has 0 saturated carbocycles. The fraction of sp³-hybridized carbons (Fsp3) is 0. The summed E-state index contributed by atoms with van der Waals surface area (Å²) in [6.45, 7) is 0. The lowest BCUT2D eigenvalue weighted by Gasteiger charge is -2.06. The lowest BCUT2D eigenvalue weighted by atomic mass is 10.3. The van der Waals surface area contributed by atoms with Gasteiger partial charge in [0.15, 0.2) is 5.82 Å². The molecule has 0 aromatic heterocycles. The Balaban J connectivity index is 2.75. The predicted octanol–water partition coefficient (Wildman–Crippen LogP) is 0.776. The first-order chi connectivity index (χ1) is 7.11. The van der Waals surface area contributed by atoms with Crippen molar-refractivity contribution in [3.05, 3.63) is 52.2 Å². The molecular formula is C8H9FN4O2. The normalized spacial score (nSPS) is 10.9. The molecule has 15 heavy (non-hydrogen) atoms. The number of benzene rings is 1. The van der Waals surface area contributed by atoms with Crippen LogP contribution in [0.5, 0.6) is 0 Å². The van der Waals surface area contributed by atoms with Gasteiger partial charge in [0.25, 0.3) is 6.20 Å². The molecule has 1 aromatic rings. The average Bonchev–Trinajstić information content (AvgIpc) is 2.19. The molecule has 0 fully saturated rings. The maximum Gasteiger partial charge on any atom is 0.275 e. The number of hydrogen-bond donors (Lipinski definition) is 3. The summed E-state index contributed by atoms with van der Waals surface area (Å²) in [5.74, 6) is 4.66. The van der Waals surface area contributed by atoms with Crippen LogP contribution in [0.1, 0.15) is 0 Å². The van der Waals surface area contributed by atoms with Gasteiger partial charge in [-0.05, 0) is 24.3 Å². The number of anilines is 1. The van der Waals surface area contributed by atoms with E-state index < -0.39 is 4.92 Å². The molecule has 0 unspecified atom stereocenters. The molecule has 0 aliphatic heterocycles. The highest BCUT2D eigenvalue weighted by molar-refractivity contribution is 5.47. The zero-order valence-corrected chi connectivity index (χ0v) is 7.61. The van der Waals surface area contributed by atoms with Crippen molar-refractivity contribution >= 4 is 5.69 Å². The molecule has 0 heterocycles. The van der Waals surface area contributed by atoms with Gasteiger partial charge >= 0.3 is 0 Å². The first-order valence-electron chi connectivity index (χ1n) is 3.96. The first kappa shape index (κ1) is 10.9. The molecule has 1 rings (SSSR count). The first-order valence-corrected chi connectivity index (χ1v) is 3.96. The van der Waals surface area contributed by atoms with E-state index in [1.54, 1.807) is 0 Å². The molecule has 0 aliphatic rings. The summed E-state index contributed by atoms with van der Waals surface area (Å²) in [4.78, 5) is 9.49. The van der Waals surface area contributed by atoms with Gasteiger partial charge < -0.3 is 10.7 Å². The minimum atomic E-state index is -0.661. The average molecular weight is 212 g/mol. The van der Waals surface area contributed by atoms with Crippen molar-refractivity contribution in [3.8, 4) is 0 Å². The van der Waals surface area contributed by atoms with Gasteiger partial charge in [-0.2, -0.15) is 0 Å². The lowest BCUT2D eigenvalue weighted by Crippen LogP contribution is -2.27. The van der Waals surface area contributed by atoms with Crippen LogP contribution in [-0.2, 0) is 0 Å². The Morgan fingerprint density at radius 1 is 1.47 bits per heavy atom. The molecule has 1 aromatic carbocycles. The minimum absolute atomic E-state index is 0.00612. The highest BCUT2D eigenvalue weighted by Gasteiger charge is 2.01. The summed E-state index contributed by atoms with van der Waals surface area (Å²) in [7, 11) is 0. The lowest BCUT2D eigenvalue weighted by molar-refractivity contribution is -0.403. The van der Waals surface area contributed by atoms with Gasteiger partial charge in [0, 0.05) is 5.69 Å². The van der Waals surface area contributed by atoms with Gasteiger partial charge in [-0.15, -0.1) is 0 Å². The van der Waals surface area contributed by atoms with Crippen LogP contribution in [0.4, 0.5) is 10.1 Å². The van der Waals surface area contributed by atoms with Crippen LogP contribution in [0, 0.1) is 15.9 Å². The third-order valence-electron chi connectivity index (χ3n) is 1.51. The largest absolute Gasteiger partial charge is 0.336 e. The summed E-state index contributed by atoms with van der Waals surface area (Å²) in [5.41, 5.74) is 2.60. The van der Waals surface area contributed by atoms with Crippen molar-refractivity contribution < 1.29 is 9.31 Å². The maximum absolute atomic E-state index is 12.5. The number of hydrazine groups is 1. The van der Waals surface area contributed by atoms with Crippen LogP contribution in [0.2, 0.25) is 0 Å². The maximum atomic E-state index is 12.5. The molecule has 0 radical (unpaired) electrons. The Morgan fingerprint density at radius 2 is 2.07 bits per heavy atom. The standard InChI is InChI=1S/C8H9FN4O2/c9-6-1-3-7(4-2-6)11-8(12-10)5-13(14)15/h1-5,11-12H,10H2/b8-5-. The number of hydrogen-bond acceptors (Lipinski definition) is 5. The molecule has 0 saturated heterocycles. The second-order valence-corrected chi connectivity index (χ2v) is 2.60. The fourth-order valence-corrected chi connectivity index (χ4v) is 0.900. The van der Waals surface area contributed by atoms with Crippen molar-refractivity contribution in [3.63, 3.8) is 0 Å². The molecule has 6 nitrogen and oxygen atoms in total. The van der Waals surface area contributed by atoms with Gasteiger partial charge in [-0.1, -0.05) is 0 Å². The van der Waals surface area contributed by atoms with E-state index >= 15 is 0 Å². The van der Waals surface area contributed by atoms with Crippen LogP contribution in [0.3, 0.4) is 0 Å². The van der Waals surface area contributed by atoms with E-state index in [-0.39, 0.29) is 11.6 Å². The van der Waals surface area contributed by atoms with Crippen molar-refractivity contribution in [2.75, 3.05) is 5.32 Å². The number of nitrogens with zero attached hydrogens (tertiary/aromatic N) is 1. The molecule has 0 atom stereocenters. The predicted molar refractivity (Wildman–Crippen MR) is 52.4 cm³/mol. The van der Waals surface area contributed by atoms with E-state index in [9.17, 15) is 14.5 Å². The smallest absolute Gasteiger partial charge is 0.275 e. The SMILES string of the molecule is NN/C(=C\[N+](=O)[O-])Nc1ccc(F)cc1. The van der Waals surface area contributed by atoms with Gasteiger partial charge in [0.2, 0.25) is 0 Å². The van der Waals surface area contributed by atoms with Crippen molar-refractivity contribution in [2.45, 2.75) is 0 Å². The third-order valence-corrected chi connectivity index (χ3v) is 1.51. The summed E-state index contributed by atoms with van der Waals surface area (Å²) in [5, 5.41) is 12.8. The molecule has 0 spiro atoms. The number of nitrogens with two attached hydrogens (primary N) is 1. The second-order valence-electron chi connectivity index (χ2n) is 2.60. The third kappa shape index (κ3) is 3.61. The zero-order valence-electron chi connectivity index (χ0n) is 7.61. The molecule has 80 valence electrons. The summed E-state index contributed by atoms with van der Waals surface area (Å²) < 4.78 is 12.5. The topological polar surface area (TPSA) is 93.2 Å². The Hall–Kier alpha value is -2.15. The summed E-state index contributed by atoms with van der Waals surface area (Å²) in [6.07, 6.45) is 0.670. The molecule has 0 bridgehead atoms. The molecular weight excluding hydrogens is 203 g/mol. The van der Waals surface area contributed by atoms with Crippen molar-refractivity contribution in [1.29, 1.82) is 0 Å². The van der Waals surface area contributed by atoms with Crippen LogP contribution in [0.25, 0.3) is 0 Å².